The maximum absolute atomic E-state index is 14.0. The smallest absolute Gasteiger partial charge is 0.296 e. The molecule has 0 spiro atoms. The first-order valence-corrected chi connectivity index (χ1v) is 11.4. The van der Waals surface area contributed by atoms with E-state index in [1.54, 1.807) is 30.3 Å². The van der Waals surface area contributed by atoms with Gasteiger partial charge in [0.1, 0.15) is 12.4 Å². The second-order valence-electron chi connectivity index (χ2n) is 8.33. The van der Waals surface area contributed by atoms with Crippen LogP contribution in [0.4, 0.5) is 8.78 Å². The maximum atomic E-state index is 14.0. The standard InChI is InChI=1S/C26H31F2NO4/c27-26(28,19-10-6-5-7-11-19)18-33-17-9-4-2-1-3-8-12-22(30)20-13-15-23(31)25-21(20)14-16-24(32)29-25/h5-7,10-11,13-16,22,30-31H,1-4,8-9,12,17-18H2,(H,29,32). The summed E-state index contributed by atoms with van der Waals surface area (Å²) in [6.07, 6.45) is 5.33. The van der Waals surface area contributed by atoms with Crippen molar-refractivity contribution in [2.75, 3.05) is 13.2 Å². The number of hydrogen-bond acceptors (Lipinski definition) is 4. The molecule has 7 heteroatoms. The number of rotatable bonds is 13. The molecule has 5 nitrogen and oxygen atoms in total. The highest BCUT2D eigenvalue weighted by Crippen LogP contribution is 2.31. The molecule has 33 heavy (non-hydrogen) atoms. The number of alkyl halides is 2. The molecular formula is C26H31F2NO4. The minimum absolute atomic E-state index is 0.0218. The van der Waals surface area contributed by atoms with Crippen LogP contribution in [0.15, 0.2) is 59.4 Å². The van der Waals surface area contributed by atoms with Gasteiger partial charge in [-0.1, -0.05) is 68.5 Å². The number of unbranched alkanes of at least 4 members (excludes halogenated alkanes) is 5. The molecule has 0 saturated carbocycles. The molecule has 2 aromatic carbocycles. The number of phenols is 1. The van der Waals surface area contributed by atoms with Crippen LogP contribution in [-0.4, -0.2) is 28.4 Å². The molecule has 0 fully saturated rings. The van der Waals surface area contributed by atoms with Crippen LogP contribution in [-0.2, 0) is 10.7 Å². The Bertz CT molecular complexity index is 1070. The van der Waals surface area contributed by atoms with Gasteiger partial charge in [0.25, 0.3) is 5.92 Å². The van der Waals surface area contributed by atoms with Crippen molar-refractivity contribution in [3.05, 3.63) is 76.1 Å². The van der Waals surface area contributed by atoms with Crippen molar-refractivity contribution in [2.24, 2.45) is 0 Å². The van der Waals surface area contributed by atoms with Gasteiger partial charge >= 0.3 is 0 Å². The first kappa shape index (κ1) is 24.9. The van der Waals surface area contributed by atoms with Crippen molar-refractivity contribution in [3.8, 4) is 5.75 Å². The van der Waals surface area contributed by atoms with Gasteiger partial charge in [0.15, 0.2) is 0 Å². The fourth-order valence-electron chi connectivity index (χ4n) is 3.92. The highest BCUT2D eigenvalue weighted by Gasteiger charge is 2.31. The molecule has 3 rings (SSSR count). The summed E-state index contributed by atoms with van der Waals surface area (Å²) in [5.41, 5.74) is 0.687. The van der Waals surface area contributed by atoms with Crippen LogP contribution in [0.1, 0.15) is 62.2 Å². The molecule has 0 aliphatic carbocycles. The molecule has 3 aromatic rings. The summed E-state index contributed by atoms with van der Waals surface area (Å²) >= 11 is 0. The number of aliphatic hydroxyl groups is 1. The largest absolute Gasteiger partial charge is 0.506 e. The van der Waals surface area contributed by atoms with Crippen LogP contribution in [0.3, 0.4) is 0 Å². The van der Waals surface area contributed by atoms with Crippen LogP contribution in [0.25, 0.3) is 10.9 Å². The molecule has 0 radical (unpaired) electrons. The Morgan fingerprint density at radius 2 is 1.61 bits per heavy atom. The fraction of sp³-hybridized carbons (Fsp3) is 0.423. The van der Waals surface area contributed by atoms with E-state index in [-0.39, 0.29) is 16.9 Å². The van der Waals surface area contributed by atoms with Crippen molar-refractivity contribution < 1.29 is 23.7 Å². The van der Waals surface area contributed by atoms with Gasteiger partial charge in [-0.3, -0.25) is 4.79 Å². The van der Waals surface area contributed by atoms with E-state index in [4.69, 9.17) is 4.74 Å². The van der Waals surface area contributed by atoms with Crippen LogP contribution >= 0.6 is 0 Å². The van der Waals surface area contributed by atoms with E-state index in [0.717, 1.165) is 38.5 Å². The number of aromatic amines is 1. The first-order chi connectivity index (χ1) is 15.9. The Morgan fingerprint density at radius 3 is 2.36 bits per heavy atom. The molecule has 3 N–H and O–H groups in total. The van der Waals surface area contributed by atoms with Crippen molar-refractivity contribution in [1.29, 1.82) is 0 Å². The van der Waals surface area contributed by atoms with E-state index in [1.807, 2.05) is 0 Å². The van der Waals surface area contributed by atoms with E-state index in [0.29, 0.717) is 29.5 Å². The van der Waals surface area contributed by atoms with E-state index < -0.39 is 18.6 Å². The molecule has 0 amide bonds. The average molecular weight is 460 g/mol. The highest BCUT2D eigenvalue weighted by molar-refractivity contribution is 5.87. The fourth-order valence-corrected chi connectivity index (χ4v) is 3.92. The van der Waals surface area contributed by atoms with Gasteiger partial charge < -0.3 is 19.9 Å². The third kappa shape index (κ3) is 7.11. The lowest BCUT2D eigenvalue weighted by Gasteiger charge is -2.16. The van der Waals surface area contributed by atoms with Gasteiger partial charge in [-0.05, 0) is 30.5 Å². The second-order valence-corrected chi connectivity index (χ2v) is 8.33. The van der Waals surface area contributed by atoms with Gasteiger partial charge in [0, 0.05) is 23.6 Å². The van der Waals surface area contributed by atoms with Gasteiger partial charge in [-0.25, -0.2) is 0 Å². The first-order valence-electron chi connectivity index (χ1n) is 11.4. The topological polar surface area (TPSA) is 82.6 Å². The number of aliphatic hydroxyl groups excluding tert-OH is 1. The maximum Gasteiger partial charge on any atom is 0.296 e. The van der Waals surface area contributed by atoms with Crippen LogP contribution in [0.5, 0.6) is 5.75 Å². The Balaban J connectivity index is 1.29. The van der Waals surface area contributed by atoms with Gasteiger partial charge in [-0.15, -0.1) is 0 Å². The van der Waals surface area contributed by atoms with E-state index in [1.165, 1.54) is 24.3 Å². The average Bonchev–Trinajstić information content (AvgIpc) is 2.81. The zero-order valence-electron chi connectivity index (χ0n) is 18.6. The summed E-state index contributed by atoms with van der Waals surface area (Å²) in [4.78, 5) is 14.1. The summed E-state index contributed by atoms with van der Waals surface area (Å²) < 4.78 is 33.2. The van der Waals surface area contributed by atoms with Gasteiger partial charge in [0.05, 0.1) is 11.6 Å². The van der Waals surface area contributed by atoms with Crippen LogP contribution in [0.2, 0.25) is 0 Å². The number of aromatic nitrogens is 1. The zero-order chi connectivity index (χ0) is 23.7. The number of hydrogen-bond donors (Lipinski definition) is 3. The number of aromatic hydroxyl groups is 1. The number of fused-ring (bicyclic) bond motifs is 1. The number of ether oxygens (including phenoxy) is 1. The molecule has 178 valence electrons. The molecule has 1 atom stereocenters. The molecule has 0 aliphatic rings. The lowest BCUT2D eigenvalue weighted by atomic mass is 9.98. The Hall–Kier alpha value is -2.77. The van der Waals surface area contributed by atoms with Crippen molar-refractivity contribution in [3.63, 3.8) is 0 Å². The lowest BCUT2D eigenvalue weighted by Crippen LogP contribution is -2.21. The Labute approximate surface area is 192 Å². The predicted molar refractivity (Wildman–Crippen MR) is 125 cm³/mol. The van der Waals surface area contributed by atoms with Crippen molar-refractivity contribution in [2.45, 2.75) is 57.0 Å². The minimum atomic E-state index is -2.97. The van der Waals surface area contributed by atoms with Crippen LogP contribution < -0.4 is 5.56 Å². The molecule has 0 aliphatic heterocycles. The lowest BCUT2D eigenvalue weighted by molar-refractivity contribution is -0.0831. The van der Waals surface area contributed by atoms with E-state index in [9.17, 15) is 23.8 Å². The summed E-state index contributed by atoms with van der Waals surface area (Å²) in [7, 11) is 0. The molecule has 0 saturated heterocycles. The quantitative estimate of drug-likeness (QED) is 0.282. The van der Waals surface area contributed by atoms with Crippen molar-refractivity contribution >= 4 is 10.9 Å². The predicted octanol–water partition coefficient (Wildman–Crippen LogP) is 5.81. The van der Waals surface area contributed by atoms with E-state index >= 15 is 0 Å². The molecule has 0 bridgehead atoms. The number of nitrogens with one attached hydrogen (secondary N) is 1. The Kier molecular flexibility index (Phi) is 8.97. The SMILES string of the molecule is O=c1ccc2c(C(O)CCCCCCCCOCC(F)(F)c3ccccc3)ccc(O)c2[nH]1. The number of H-pyrrole nitrogens is 1. The summed E-state index contributed by atoms with van der Waals surface area (Å²) in [6.45, 7) is -0.286. The number of halogens is 2. The van der Waals surface area contributed by atoms with E-state index in [2.05, 4.69) is 4.98 Å². The molecule has 1 heterocycles. The molecule has 1 unspecified atom stereocenters. The summed E-state index contributed by atoms with van der Waals surface area (Å²) in [6, 6.07) is 13.9. The highest BCUT2D eigenvalue weighted by atomic mass is 19.3. The molecular weight excluding hydrogens is 428 g/mol. The minimum Gasteiger partial charge on any atom is -0.506 e. The third-order valence-electron chi connectivity index (χ3n) is 5.76. The monoisotopic (exact) mass is 459 g/mol. The summed E-state index contributed by atoms with van der Waals surface area (Å²) in [5.74, 6) is -2.99. The molecule has 1 aromatic heterocycles. The third-order valence-corrected chi connectivity index (χ3v) is 5.76. The number of benzene rings is 2. The van der Waals surface area contributed by atoms with Gasteiger partial charge in [-0.2, -0.15) is 8.78 Å². The van der Waals surface area contributed by atoms with Gasteiger partial charge in [0.2, 0.25) is 5.56 Å². The zero-order valence-corrected chi connectivity index (χ0v) is 18.6. The Morgan fingerprint density at radius 1 is 0.909 bits per heavy atom. The normalized spacial score (nSPS) is 12.8. The summed E-state index contributed by atoms with van der Waals surface area (Å²) in [5, 5.41) is 21.2. The number of pyridine rings is 1. The van der Waals surface area contributed by atoms with Crippen molar-refractivity contribution in [1.82, 2.24) is 4.98 Å². The second kappa shape index (κ2) is 11.9. The number of phenolic OH excluding ortho intramolecular Hbond substituents is 1. The van der Waals surface area contributed by atoms with Crippen LogP contribution in [0, 0.1) is 0 Å².